The first-order chi connectivity index (χ1) is 16.3. The molecule has 3 rings (SSSR count). The Morgan fingerprint density at radius 2 is 1.80 bits per heavy atom. The van der Waals surface area contributed by atoms with Gasteiger partial charge in [-0.15, -0.1) is 4.28 Å². The van der Waals surface area contributed by atoms with E-state index in [2.05, 4.69) is 45.0 Å². The van der Waals surface area contributed by atoms with Crippen LogP contribution in [0.4, 0.5) is 4.79 Å². The van der Waals surface area contributed by atoms with E-state index in [9.17, 15) is 22.8 Å². The van der Waals surface area contributed by atoms with E-state index < -0.39 is 40.5 Å². The van der Waals surface area contributed by atoms with Gasteiger partial charge in [0.1, 0.15) is 6.04 Å². The molecule has 202 valence electrons. The Kier molecular flexibility index (Phi) is 11.8. The number of carbonyl (C=O) groups excluding carboxylic acids is 3. The first-order valence-electron chi connectivity index (χ1n) is 11.2. The standard InChI is InChI=1S/C15H25N5O7S.C3H8N2.CH5N/c1-8(2)9-5-11(16-6-9)13(21)17-18-14(22)12-4-3-10-7-19(12)15(23)20(10)27-28(24,25)26;1-3(4)5-2;1-2/h8-12,16H,3-7H2,1-2H3,(H,17,21)(H,18,22)(H,24,25,26);1-2H3,(H2,4,5);2H2,1H3/t9?,10?,11?,12-;;/m0../s1. The lowest BCUT2D eigenvalue weighted by Gasteiger charge is -2.29. The quantitative estimate of drug-likeness (QED) is 0.104. The molecule has 0 spiro atoms. The zero-order valence-electron chi connectivity index (χ0n) is 20.7. The number of fused-ring (bicyclic) bond motifs is 2. The van der Waals surface area contributed by atoms with E-state index in [0.29, 0.717) is 35.6 Å². The van der Waals surface area contributed by atoms with Gasteiger partial charge in [-0.05, 0) is 51.6 Å². The topological polar surface area (TPSA) is 222 Å². The number of piperidine rings is 1. The molecule has 16 heteroatoms. The zero-order chi connectivity index (χ0) is 26.9. The molecule has 3 aliphatic heterocycles. The number of nitrogens with zero attached hydrogens (tertiary/aromatic N) is 3. The van der Waals surface area contributed by atoms with E-state index in [1.165, 1.54) is 7.05 Å². The molecule has 0 radical (unpaired) electrons. The van der Waals surface area contributed by atoms with Crippen LogP contribution in [0.3, 0.4) is 0 Å². The number of hydrazine groups is 1. The molecule has 8 N–H and O–H groups in total. The van der Waals surface area contributed by atoms with Crippen LogP contribution in [0.1, 0.15) is 40.0 Å². The number of amides is 4. The van der Waals surface area contributed by atoms with Crippen LogP contribution in [0.15, 0.2) is 4.99 Å². The van der Waals surface area contributed by atoms with Gasteiger partial charge in [0.15, 0.2) is 0 Å². The summed E-state index contributed by atoms with van der Waals surface area (Å²) < 4.78 is 34.9. The highest BCUT2D eigenvalue weighted by molar-refractivity contribution is 7.80. The Morgan fingerprint density at radius 1 is 1.23 bits per heavy atom. The van der Waals surface area contributed by atoms with Crippen molar-refractivity contribution in [1.82, 2.24) is 26.1 Å². The maximum absolute atomic E-state index is 12.4. The number of rotatable bonds is 5. The number of hydrogen-bond acceptors (Lipinski definition) is 9. The summed E-state index contributed by atoms with van der Waals surface area (Å²) in [6.45, 7) is 6.75. The van der Waals surface area contributed by atoms with Gasteiger partial charge in [-0.25, -0.2) is 4.79 Å². The van der Waals surface area contributed by atoms with Crippen LogP contribution in [0.2, 0.25) is 0 Å². The third-order valence-electron chi connectivity index (χ3n) is 5.89. The Bertz CT molecular complexity index is 878. The minimum Gasteiger partial charge on any atom is -0.388 e. The predicted octanol–water partition coefficient (Wildman–Crippen LogP) is -1.66. The molecule has 0 aliphatic carbocycles. The molecular formula is C19H38N8O7S. The van der Waals surface area contributed by atoms with Crippen LogP contribution in [-0.4, -0.2) is 91.9 Å². The van der Waals surface area contributed by atoms with Crippen molar-refractivity contribution in [2.24, 2.45) is 28.3 Å². The minimum absolute atomic E-state index is 0.0840. The zero-order valence-corrected chi connectivity index (χ0v) is 21.5. The molecule has 3 aliphatic rings. The maximum Gasteiger partial charge on any atom is 0.418 e. The average molecular weight is 523 g/mol. The minimum atomic E-state index is -4.84. The molecule has 0 saturated carbocycles. The van der Waals surface area contributed by atoms with E-state index in [0.717, 1.165) is 11.4 Å². The van der Waals surface area contributed by atoms with Crippen molar-refractivity contribution >= 4 is 34.1 Å². The summed E-state index contributed by atoms with van der Waals surface area (Å²) in [4.78, 5) is 41.7. The molecule has 15 nitrogen and oxygen atoms in total. The smallest absolute Gasteiger partial charge is 0.388 e. The number of urea groups is 1. The number of aliphatic imine (C=N–C) groups is 1. The molecule has 3 heterocycles. The number of amidine groups is 1. The average Bonchev–Trinajstić information content (AvgIpc) is 3.39. The SMILES string of the molecule is CC(C)C1CNC(C(=O)NNC(=O)[C@@H]2CCC3CN2C(=O)N3OS(=O)(=O)O)C1.CN.CN=C(C)N. The van der Waals surface area contributed by atoms with Crippen molar-refractivity contribution < 1.29 is 31.6 Å². The highest BCUT2D eigenvalue weighted by Crippen LogP contribution is 2.30. The van der Waals surface area contributed by atoms with Crippen LogP contribution in [0.5, 0.6) is 0 Å². The second kappa shape index (κ2) is 13.5. The number of nitrogens with one attached hydrogen (secondary N) is 3. The molecule has 3 saturated heterocycles. The summed E-state index contributed by atoms with van der Waals surface area (Å²) in [5.74, 6) is 0.536. The lowest BCUT2D eigenvalue weighted by molar-refractivity contribution is -0.132. The van der Waals surface area contributed by atoms with Crippen LogP contribution >= 0.6 is 0 Å². The molecule has 4 atom stereocenters. The number of carbonyl (C=O) groups is 3. The van der Waals surface area contributed by atoms with Gasteiger partial charge < -0.3 is 21.7 Å². The van der Waals surface area contributed by atoms with Crippen molar-refractivity contribution in [1.29, 1.82) is 0 Å². The normalized spacial score (nSPS) is 25.9. The fraction of sp³-hybridized carbons (Fsp3) is 0.789. The highest BCUT2D eigenvalue weighted by atomic mass is 32.3. The van der Waals surface area contributed by atoms with E-state index in [1.807, 2.05) is 0 Å². The first-order valence-corrected chi connectivity index (χ1v) is 12.6. The third kappa shape index (κ3) is 8.88. The summed E-state index contributed by atoms with van der Waals surface area (Å²) in [5.41, 5.74) is 14.3. The van der Waals surface area contributed by atoms with Crippen molar-refractivity contribution in [3.63, 3.8) is 0 Å². The van der Waals surface area contributed by atoms with Crippen molar-refractivity contribution in [2.75, 3.05) is 27.2 Å². The van der Waals surface area contributed by atoms with E-state index in [1.54, 1.807) is 14.0 Å². The van der Waals surface area contributed by atoms with Crippen molar-refractivity contribution in [2.45, 2.75) is 58.2 Å². The van der Waals surface area contributed by atoms with Crippen LogP contribution in [-0.2, 0) is 24.3 Å². The Labute approximate surface area is 205 Å². The summed E-state index contributed by atoms with van der Waals surface area (Å²) in [5, 5.41) is 3.69. The number of hydroxylamine groups is 2. The Morgan fingerprint density at radius 3 is 2.29 bits per heavy atom. The van der Waals surface area contributed by atoms with Gasteiger partial charge in [-0.3, -0.25) is 30.0 Å². The largest absolute Gasteiger partial charge is 0.418 e. The van der Waals surface area contributed by atoms with E-state index in [4.69, 9.17) is 10.3 Å². The molecule has 0 aromatic carbocycles. The van der Waals surface area contributed by atoms with Gasteiger partial charge >= 0.3 is 16.4 Å². The molecule has 35 heavy (non-hydrogen) atoms. The fourth-order valence-corrected chi connectivity index (χ4v) is 4.26. The van der Waals surface area contributed by atoms with Crippen LogP contribution < -0.4 is 27.6 Å². The first kappa shape index (κ1) is 30.5. The second-order valence-electron chi connectivity index (χ2n) is 8.55. The summed E-state index contributed by atoms with van der Waals surface area (Å²) >= 11 is 0. The Balaban J connectivity index is 0.000000779. The summed E-state index contributed by atoms with van der Waals surface area (Å²) in [7, 11) is -1.68. The molecule has 2 bridgehead atoms. The molecular weight excluding hydrogens is 484 g/mol. The van der Waals surface area contributed by atoms with E-state index >= 15 is 0 Å². The van der Waals surface area contributed by atoms with Crippen molar-refractivity contribution in [3.05, 3.63) is 0 Å². The van der Waals surface area contributed by atoms with Gasteiger partial charge in [0.05, 0.1) is 17.9 Å². The molecule has 3 unspecified atom stereocenters. The predicted molar refractivity (Wildman–Crippen MR) is 128 cm³/mol. The molecule has 0 aromatic heterocycles. The third-order valence-corrected chi connectivity index (χ3v) is 6.23. The highest BCUT2D eigenvalue weighted by Gasteiger charge is 2.49. The van der Waals surface area contributed by atoms with Crippen LogP contribution in [0.25, 0.3) is 0 Å². The molecule has 4 amide bonds. The Hall–Kier alpha value is -2.53. The second-order valence-corrected chi connectivity index (χ2v) is 9.56. The van der Waals surface area contributed by atoms with Gasteiger partial charge in [0.2, 0.25) is 0 Å². The van der Waals surface area contributed by atoms with Gasteiger partial charge in [-0.2, -0.15) is 13.5 Å². The molecule has 3 fully saturated rings. The van der Waals surface area contributed by atoms with Gasteiger partial charge in [-0.1, -0.05) is 13.8 Å². The lowest BCUT2D eigenvalue weighted by atomic mass is 9.93. The number of nitrogens with two attached hydrogens (primary N) is 2. The van der Waals surface area contributed by atoms with Gasteiger partial charge in [0, 0.05) is 13.6 Å². The monoisotopic (exact) mass is 522 g/mol. The fourth-order valence-electron chi connectivity index (χ4n) is 3.87. The molecule has 0 aromatic rings. The van der Waals surface area contributed by atoms with Crippen LogP contribution in [0, 0.1) is 11.8 Å². The van der Waals surface area contributed by atoms with E-state index in [-0.39, 0.29) is 18.9 Å². The number of hydrogen-bond donors (Lipinski definition) is 6. The van der Waals surface area contributed by atoms with Crippen molar-refractivity contribution in [3.8, 4) is 0 Å². The summed E-state index contributed by atoms with van der Waals surface area (Å²) in [6, 6.07) is -2.68. The summed E-state index contributed by atoms with van der Waals surface area (Å²) in [6.07, 6.45) is 1.25. The maximum atomic E-state index is 12.4. The van der Waals surface area contributed by atoms with Gasteiger partial charge in [0.25, 0.3) is 11.8 Å². The lowest BCUT2D eigenvalue weighted by Crippen LogP contribution is -2.56.